The first-order chi connectivity index (χ1) is 7.11. The van der Waals surface area contributed by atoms with E-state index >= 15 is 0 Å². The summed E-state index contributed by atoms with van der Waals surface area (Å²) >= 11 is 0. The molecule has 86 valence electrons. The lowest BCUT2D eigenvalue weighted by atomic mass is 9.92. The van der Waals surface area contributed by atoms with Gasteiger partial charge in [-0.2, -0.15) is 0 Å². The second kappa shape index (κ2) is 4.10. The van der Waals surface area contributed by atoms with Gasteiger partial charge in [-0.25, -0.2) is 0 Å². The lowest BCUT2D eigenvalue weighted by Gasteiger charge is -2.40. The number of carbonyl (C=O) groups is 1. The van der Waals surface area contributed by atoms with E-state index in [9.17, 15) is 4.79 Å². The van der Waals surface area contributed by atoms with Crippen molar-refractivity contribution in [3.05, 3.63) is 0 Å². The summed E-state index contributed by atoms with van der Waals surface area (Å²) in [5, 5.41) is 3.15. The molecule has 0 spiro atoms. The van der Waals surface area contributed by atoms with Crippen molar-refractivity contribution >= 4 is 5.91 Å². The minimum absolute atomic E-state index is 0.115. The Morgan fingerprint density at radius 3 is 2.60 bits per heavy atom. The quantitative estimate of drug-likeness (QED) is 0.732. The molecule has 2 fully saturated rings. The molecule has 2 rings (SSSR count). The number of likely N-dealkylation sites (N-methyl/N-ethyl adjacent to an activating group) is 1. The molecule has 0 aromatic rings. The van der Waals surface area contributed by atoms with Crippen molar-refractivity contribution in [3.63, 3.8) is 0 Å². The molecule has 0 radical (unpaired) electrons. The predicted molar refractivity (Wildman–Crippen MR) is 57.6 cm³/mol. The summed E-state index contributed by atoms with van der Waals surface area (Å²) in [6.45, 7) is 3.98. The van der Waals surface area contributed by atoms with Crippen LogP contribution in [0, 0.1) is 0 Å². The molecule has 1 heterocycles. The number of nitrogens with one attached hydrogen (secondary N) is 1. The molecule has 0 aromatic carbocycles. The van der Waals surface area contributed by atoms with E-state index in [4.69, 9.17) is 4.74 Å². The van der Waals surface area contributed by atoms with Crippen molar-refractivity contribution in [1.82, 2.24) is 10.2 Å². The summed E-state index contributed by atoms with van der Waals surface area (Å²) in [4.78, 5) is 13.6. The fourth-order valence-corrected chi connectivity index (χ4v) is 1.89. The summed E-state index contributed by atoms with van der Waals surface area (Å²) in [6.07, 6.45) is 3.56. The first-order valence-corrected chi connectivity index (χ1v) is 5.71. The number of hydrogen-bond acceptors (Lipinski definition) is 3. The SMILES string of the molecule is CN(C(=O)COC1(C)CNC1)C1CCC1. The van der Waals surface area contributed by atoms with E-state index in [0.717, 1.165) is 25.9 Å². The van der Waals surface area contributed by atoms with E-state index in [-0.39, 0.29) is 18.1 Å². The molecule has 4 nitrogen and oxygen atoms in total. The average molecular weight is 212 g/mol. The number of ether oxygens (including phenoxy) is 1. The average Bonchev–Trinajstić information content (AvgIpc) is 2.08. The van der Waals surface area contributed by atoms with Crippen LogP contribution >= 0.6 is 0 Å². The van der Waals surface area contributed by atoms with E-state index < -0.39 is 0 Å². The van der Waals surface area contributed by atoms with Gasteiger partial charge in [0.25, 0.3) is 0 Å². The highest BCUT2D eigenvalue weighted by molar-refractivity contribution is 5.77. The maximum atomic E-state index is 11.7. The van der Waals surface area contributed by atoms with Gasteiger partial charge in [-0.1, -0.05) is 0 Å². The molecular formula is C11H20N2O2. The number of amides is 1. The number of carbonyl (C=O) groups excluding carboxylic acids is 1. The van der Waals surface area contributed by atoms with Gasteiger partial charge in [0, 0.05) is 26.2 Å². The van der Waals surface area contributed by atoms with Crippen LogP contribution in [-0.2, 0) is 9.53 Å². The third-order valence-electron chi connectivity index (χ3n) is 3.56. The standard InChI is InChI=1S/C11H20N2O2/c1-11(7-12-8-11)15-6-10(14)13(2)9-4-3-5-9/h9,12H,3-8H2,1-2H3. The number of nitrogens with zero attached hydrogens (tertiary/aromatic N) is 1. The molecule has 0 bridgehead atoms. The Morgan fingerprint density at radius 1 is 1.53 bits per heavy atom. The Bertz CT molecular complexity index is 247. The van der Waals surface area contributed by atoms with Crippen LogP contribution in [0.5, 0.6) is 0 Å². The Kier molecular flexibility index (Phi) is 2.98. The van der Waals surface area contributed by atoms with Crippen molar-refractivity contribution in [1.29, 1.82) is 0 Å². The van der Waals surface area contributed by atoms with E-state index in [0.29, 0.717) is 6.04 Å². The van der Waals surface area contributed by atoms with Gasteiger partial charge < -0.3 is 15.0 Å². The number of hydrogen-bond donors (Lipinski definition) is 1. The summed E-state index contributed by atoms with van der Waals surface area (Å²) in [5.74, 6) is 0.118. The van der Waals surface area contributed by atoms with Gasteiger partial charge in [-0.3, -0.25) is 4.79 Å². The van der Waals surface area contributed by atoms with Crippen LogP contribution < -0.4 is 5.32 Å². The minimum atomic E-state index is -0.115. The summed E-state index contributed by atoms with van der Waals surface area (Å²) in [6, 6.07) is 0.466. The molecule has 0 unspecified atom stereocenters. The normalized spacial score (nSPS) is 24.1. The Labute approximate surface area is 91.0 Å². The number of rotatable bonds is 4. The first-order valence-electron chi connectivity index (χ1n) is 5.71. The topological polar surface area (TPSA) is 41.6 Å². The fraction of sp³-hybridized carbons (Fsp3) is 0.909. The second-order valence-corrected chi connectivity index (χ2v) is 4.93. The zero-order chi connectivity index (χ0) is 10.9. The second-order valence-electron chi connectivity index (χ2n) is 4.93. The molecule has 1 amide bonds. The maximum Gasteiger partial charge on any atom is 0.248 e. The third kappa shape index (κ3) is 2.32. The highest BCUT2D eigenvalue weighted by Crippen LogP contribution is 2.24. The largest absolute Gasteiger partial charge is 0.363 e. The van der Waals surface area contributed by atoms with Gasteiger partial charge in [0.1, 0.15) is 6.61 Å². The van der Waals surface area contributed by atoms with Gasteiger partial charge in [0.2, 0.25) is 5.91 Å². The van der Waals surface area contributed by atoms with Crippen molar-refractivity contribution < 1.29 is 9.53 Å². The van der Waals surface area contributed by atoms with Gasteiger partial charge in [-0.05, 0) is 26.2 Å². The van der Waals surface area contributed by atoms with Gasteiger partial charge in [0.05, 0.1) is 5.60 Å². The van der Waals surface area contributed by atoms with Crippen LogP contribution in [0.4, 0.5) is 0 Å². The molecule has 1 aliphatic heterocycles. The van der Waals surface area contributed by atoms with Crippen LogP contribution in [0.15, 0.2) is 0 Å². The van der Waals surface area contributed by atoms with Gasteiger partial charge >= 0.3 is 0 Å². The smallest absolute Gasteiger partial charge is 0.248 e. The van der Waals surface area contributed by atoms with Gasteiger partial charge in [-0.15, -0.1) is 0 Å². The summed E-state index contributed by atoms with van der Waals surface area (Å²) < 4.78 is 5.61. The molecule has 0 atom stereocenters. The highest BCUT2D eigenvalue weighted by Gasteiger charge is 2.34. The van der Waals surface area contributed by atoms with E-state index in [1.54, 1.807) is 0 Å². The Morgan fingerprint density at radius 2 is 2.20 bits per heavy atom. The van der Waals surface area contributed by atoms with Crippen LogP contribution in [0.3, 0.4) is 0 Å². The molecule has 15 heavy (non-hydrogen) atoms. The van der Waals surface area contributed by atoms with Crippen LogP contribution in [0.2, 0.25) is 0 Å². The monoisotopic (exact) mass is 212 g/mol. The fourth-order valence-electron chi connectivity index (χ4n) is 1.89. The van der Waals surface area contributed by atoms with Crippen molar-refractivity contribution in [2.75, 3.05) is 26.7 Å². The third-order valence-corrected chi connectivity index (χ3v) is 3.56. The van der Waals surface area contributed by atoms with E-state index in [1.807, 2.05) is 18.9 Å². The maximum absolute atomic E-state index is 11.7. The lowest BCUT2D eigenvalue weighted by Crippen LogP contribution is -2.60. The molecular weight excluding hydrogens is 192 g/mol. The molecule has 0 aromatic heterocycles. The summed E-state index contributed by atoms with van der Waals surface area (Å²) in [7, 11) is 1.89. The van der Waals surface area contributed by atoms with Gasteiger partial charge in [0.15, 0.2) is 0 Å². The molecule has 1 N–H and O–H groups in total. The Hall–Kier alpha value is -0.610. The predicted octanol–water partition coefficient (Wildman–Crippen LogP) is 0.376. The first kappa shape index (κ1) is 10.9. The van der Waals surface area contributed by atoms with E-state index in [1.165, 1.54) is 6.42 Å². The molecule has 1 saturated heterocycles. The van der Waals surface area contributed by atoms with E-state index in [2.05, 4.69) is 5.32 Å². The van der Waals surface area contributed by atoms with Crippen molar-refractivity contribution in [2.45, 2.75) is 37.8 Å². The zero-order valence-electron chi connectivity index (χ0n) is 9.58. The van der Waals surface area contributed by atoms with Crippen LogP contribution in [0.1, 0.15) is 26.2 Å². The summed E-state index contributed by atoms with van der Waals surface area (Å²) in [5.41, 5.74) is -0.115. The molecule has 4 heteroatoms. The van der Waals surface area contributed by atoms with Crippen LogP contribution in [0.25, 0.3) is 0 Å². The Balaban J connectivity index is 1.71. The zero-order valence-corrected chi connectivity index (χ0v) is 9.58. The molecule has 2 aliphatic rings. The van der Waals surface area contributed by atoms with Crippen molar-refractivity contribution in [2.24, 2.45) is 0 Å². The molecule has 1 aliphatic carbocycles. The minimum Gasteiger partial charge on any atom is -0.363 e. The molecule has 1 saturated carbocycles. The van der Waals surface area contributed by atoms with Crippen molar-refractivity contribution in [3.8, 4) is 0 Å². The highest BCUT2D eigenvalue weighted by atomic mass is 16.5. The lowest BCUT2D eigenvalue weighted by molar-refractivity contribution is -0.148. The van der Waals surface area contributed by atoms with Crippen LogP contribution in [-0.4, -0.2) is 49.2 Å².